The fraction of sp³-hybridized carbons (Fsp3) is 0.188. The van der Waals surface area contributed by atoms with Gasteiger partial charge in [-0.1, -0.05) is 24.3 Å². The highest BCUT2D eigenvalue weighted by atomic mass is 79.9. The van der Waals surface area contributed by atoms with Gasteiger partial charge in [-0.2, -0.15) is 0 Å². The lowest BCUT2D eigenvalue weighted by atomic mass is 10.2. The molecule has 0 aromatic heterocycles. The minimum Gasteiger partial charge on any atom is -0.489 e. The lowest BCUT2D eigenvalue weighted by Gasteiger charge is -2.18. The van der Waals surface area contributed by atoms with Gasteiger partial charge in [0.25, 0.3) is 5.91 Å². The van der Waals surface area contributed by atoms with E-state index in [1.54, 1.807) is 36.2 Å². The van der Waals surface area contributed by atoms with E-state index in [4.69, 9.17) is 4.74 Å². The van der Waals surface area contributed by atoms with Gasteiger partial charge in [0.2, 0.25) is 0 Å². The van der Waals surface area contributed by atoms with Gasteiger partial charge in [-0.15, -0.1) is 0 Å². The van der Waals surface area contributed by atoms with Gasteiger partial charge >= 0.3 is 0 Å². The molecule has 0 bridgehead atoms. The third-order valence-electron chi connectivity index (χ3n) is 2.97. The van der Waals surface area contributed by atoms with E-state index >= 15 is 0 Å². The van der Waals surface area contributed by atoms with Gasteiger partial charge in [0.05, 0.1) is 12.1 Å². The molecule has 0 spiro atoms. The van der Waals surface area contributed by atoms with E-state index in [0.717, 1.165) is 4.47 Å². The Balaban J connectivity index is 1.90. The first-order valence-corrected chi connectivity index (χ1v) is 7.26. The molecule has 0 fully saturated rings. The molecule has 110 valence electrons. The number of carbonyl (C=O) groups is 1. The maximum Gasteiger partial charge on any atom is 0.254 e. The molecule has 0 aliphatic carbocycles. The van der Waals surface area contributed by atoms with Crippen molar-refractivity contribution in [3.05, 3.63) is 64.4 Å². The highest BCUT2D eigenvalue weighted by molar-refractivity contribution is 9.10. The second-order valence-electron chi connectivity index (χ2n) is 4.49. The second-order valence-corrected chi connectivity index (χ2v) is 5.34. The Bertz CT molecular complexity index is 633. The maximum atomic E-state index is 13.4. The van der Waals surface area contributed by atoms with Crippen LogP contribution in [0.4, 0.5) is 4.39 Å². The van der Waals surface area contributed by atoms with Crippen molar-refractivity contribution < 1.29 is 13.9 Å². The van der Waals surface area contributed by atoms with E-state index in [9.17, 15) is 9.18 Å². The van der Waals surface area contributed by atoms with Gasteiger partial charge < -0.3 is 9.64 Å². The predicted octanol–water partition coefficient (Wildman–Crippen LogP) is 3.74. The molecule has 0 aliphatic heterocycles. The fourth-order valence-electron chi connectivity index (χ4n) is 1.80. The largest absolute Gasteiger partial charge is 0.489 e. The zero-order chi connectivity index (χ0) is 15.2. The summed E-state index contributed by atoms with van der Waals surface area (Å²) in [7, 11) is 1.69. The molecule has 0 unspecified atom stereocenters. The minimum atomic E-state index is -0.405. The van der Waals surface area contributed by atoms with Crippen LogP contribution in [0.1, 0.15) is 10.4 Å². The Hall–Kier alpha value is -1.88. The van der Waals surface area contributed by atoms with Crippen molar-refractivity contribution in [1.82, 2.24) is 4.90 Å². The maximum absolute atomic E-state index is 13.4. The highest BCUT2D eigenvalue weighted by Crippen LogP contribution is 2.18. The molecule has 2 aromatic carbocycles. The molecule has 21 heavy (non-hydrogen) atoms. The van der Waals surface area contributed by atoms with Crippen LogP contribution in [0.5, 0.6) is 5.75 Å². The summed E-state index contributed by atoms with van der Waals surface area (Å²) in [6, 6.07) is 13.4. The molecule has 0 N–H and O–H groups in total. The van der Waals surface area contributed by atoms with E-state index in [-0.39, 0.29) is 18.3 Å². The van der Waals surface area contributed by atoms with Crippen LogP contribution < -0.4 is 4.74 Å². The zero-order valence-corrected chi connectivity index (χ0v) is 13.1. The predicted molar refractivity (Wildman–Crippen MR) is 83.0 cm³/mol. The first-order chi connectivity index (χ1) is 10.1. The molecule has 2 rings (SSSR count). The number of likely N-dealkylation sites (N-methyl/N-ethyl adjacent to an activating group) is 1. The summed E-state index contributed by atoms with van der Waals surface area (Å²) >= 11 is 3.35. The second kappa shape index (κ2) is 7.22. The molecule has 5 heteroatoms. The summed E-state index contributed by atoms with van der Waals surface area (Å²) in [5, 5.41) is 0. The van der Waals surface area contributed by atoms with E-state index in [1.807, 2.05) is 18.2 Å². The Kier molecular flexibility index (Phi) is 5.33. The number of nitrogens with zero attached hydrogens (tertiary/aromatic N) is 1. The van der Waals surface area contributed by atoms with Crippen molar-refractivity contribution in [2.45, 2.75) is 0 Å². The molecule has 0 aliphatic rings. The SMILES string of the molecule is CN(CCOc1ccccc1F)C(=O)c1ccccc1Br. The normalized spacial score (nSPS) is 10.2. The van der Waals surface area contributed by atoms with Crippen molar-refractivity contribution in [3.63, 3.8) is 0 Å². The highest BCUT2D eigenvalue weighted by Gasteiger charge is 2.14. The number of carbonyl (C=O) groups excluding carboxylic acids is 1. The molecule has 3 nitrogen and oxygen atoms in total. The smallest absolute Gasteiger partial charge is 0.254 e. The molecular weight excluding hydrogens is 337 g/mol. The Morgan fingerprint density at radius 3 is 2.57 bits per heavy atom. The third-order valence-corrected chi connectivity index (χ3v) is 3.66. The van der Waals surface area contributed by atoms with Crippen molar-refractivity contribution in [3.8, 4) is 5.75 Å². The Morgan fingerprint density at radius 2 is 1.86 bits per heavy atom. The number of rotatable bonds is 5. The average molecular weight is 352 g/mol. The van der Waals surface area contributed by atoms with Crippen LogP contribution in [-0.4, -0.2) is 31.0 Å². The number of hydrogen-bond donors (Lipinski definition) is 0. The molecular formula is C16H15BrFNO2. The molecule has 0 radical (unpaired) electrons. The Morgan fingerprint density at radius 1 is 1.19 bits per heavy atom. The van der Waals surface area contributed by atoms with E-state index in [2.05, 4.69) is 15.9 Å². The van der Waals surface area contributed by atoms with Gasteiger partial charge in [-0.05, 0) is 40.2 Å². The van der Waals surface area contributed by atoms with Gasteiger partial charge in [-0.25, -0.2) is 4.39 Å². The lowest BCUT2D eigenvalue weighted by molar-refractivity contribution is 0.0772. The van der Waals surface area contributed by atoms with E-state index in [0.29, 0.717) is 12.1 Å². The molecule has 1 amide bonds. The summed E-state index contributed by atoms with van der Waals surface area (Å²) in [5.74, 6) is -0.323. The van der Waals surface area contributed by atoms with Crippen molar-refractivity contribution in [1.29, 1.82) is 0 Å². The first kappa shape index (κ1) is 15.5. The number of ether oxygens (including phenoxy) is 1. The molecule has 0 atom stereocenters. The molecule has 2 aromatic rings. The fourth-order valence-corrected chi connectivity index (χ4v) is 2.25. The summed E-state index contributed by atoms with van der Waals surface area (Å²) < 4.78 is 19.5. The monoisotopic (exact) mass is 351 g/mol. The third kappa shape index (κ3) is 4.04. The van der Waals surface area contributed by atoms with Gasteiger partial charge in [-0.3, -0.25) is 4.79 Å². The lowest BCUT2D eigenvalue weighted by Crippen LogP contribution is -2.31. The van der Waals surface area contributed by atoms with Crippen LogP contribution in [0.3, 0.4) is 0 Å². The van der Waals surface area contributed by atoms with Gasteiger partial charge in [0.1, 0.15) is 6.61 Å². The number of hydrogen-bond acceptors (Lipinski definition) is 2. The average Bonchev–Trinajstić information content (AvgIpc) is 2.49. The van der Waals surface area contributed by atoms with Crippen molar-refractivity contribution >= 4 is 21.8 Å². The Labute approximate surface area is 131 Å². The van der Waals surface area contributed by atoms with E-state index < -0.39 is 5.82 Å². The number of para-hydroxylation sites is 1. The van der Waals surface area contributed by atoms with E-state index in [1.165, 1.54) is 6.07 Å². The summed E-state index contributed by atoms with van der Waals surface area (Å²) in [6.07, 6.45) is 0. The van der Waals surface area contributed by atoms with Crippen molar-refractivity contribution in [2.75, 3.05) is 20.2 Å². The van der Waals surface area contributed by atoms with Crippen LogP contribution in [0.15, 0.2) is 53.0 Å². The number of halogens is 2. The number of benzene rings is 2. The summed E-state index contributed by atoms with van der Waals surface area (Å²) in [6.45, 7) is 0.599. The van der Waals surface area contributed by atoms with Gasteiger partial charge in [0, 0.05) is 11.5 Å². The van der Waals surface area contributed by atoms with Crippen LogP contribution in [-0.2, 0) is 0 Å². The number of amides is 1. The summed E-state index contributed by atoms with van der Waals surface area (Å²) in [5.41, 5.74) is 0.589. The van der Waals surface area contributed by atoms with Crippen LogP contribution in [0, 0.1) is 5.82 Å². The molecule has 0 saturated carbocycles. The van der Waals surface area contributed by atoms with Crippen LogP contribution in [0.2, 0.25) is 0 Å². The minimum absolute atomic E-state index is 0.111. The quantitative estimate of drug-likeness (QED) is 0.821. The standard InChI is InChI=1S/C16H15BrFNO2/c1-19(16(20)12-6-2-3-7-13(12)17)10-11-21-15-9-5-4-8-14(15)18/h2-9H,10-11H2,1H3. The van der Waals surface area contributed by atoms with Crippen LogP contribution in [0.25, 0.3) is 0 Å². The zero-order valence-electron chi connectivity index (χ0n) is 11.6. The van der Waals surface area contributed by atoms with Crippen molar-refractivity contribution in [2.24, 2.45) is 0 Å². The van der Waals surface area contributed by atoms with Gasteiger partial charge in [0.15, 0.2) is 11.6 Å². The molecule has 0 saturated heterocycles. The first-order valence-electron chi connectivity index (χ1n) is 6.47. The topological polar surface area (TPSA) is 29.5 Å². The van der Waals surface area contributed by atoms with Crippen LogP contribution >= 0.6 is 15.9 Å². The molecule has 0 heterocycles. The summed E-state index contributed by atoms with van der Waals surface area (Å²) in [4.78, 5) is 13.8.